The highest BCUT2D eigenvalue weighted by Crippen LogP contribution is 2.18. The summed E-state index contributed by atoms with van der Waals surface area (Å²) in [5, 5.41) is 0. The molecule has 3 rings (SSSR count). The summed E-state index contributed by atoms with van der Waals surface area (Å²) in [4.78, 5) is 16.8. The first-order valence-corrected chi connectivity index (χ1v) is 9.46. The number of carbonyl (C=O) groups is 1. The van der Waals surface area contributed by atoms with Crippen molar-refractivity contribution >= 4 is 5.91 Å². The molecule has 0 N–H and O–H groups in total. The van der Waals surface area contributed by atoms with Crippen molar-refractivity contribution in [2.45, 2.75) is 45.3 Å². The van der Waals surface area contributed by atoms with E-state index in [1.807, 2.05) is 11.0 Å². The van der Waals surface area contributed by atoms with Crippen LogP contribution in [0.5, 0.6) is 0 Å². The molecule has 5 heteroatoms. The normalized spacial score (nSPS) is 21.9. The Kier molecular flexibility index (Phi) is 6.43. The van der Waals surface area contributed by atoms with Gasteiger partial charge in [-0.1, -0.05) is 19.1 Å². The minimum atomic E-state index is -0.231. The van der Waals surface area contributed by atoms with Crippen molar-refractivity contribution in [1.82, 2.24) is 9.80 Å². The van der Waals surface area contributed by atoms with Crippen molar-refractivity contribution in [3.63, 3.8) is 0 Å². The Morgan fingerprint density at radius 3 is 2.80 bits per heavy atom. The SMILES string of the molecule is CC1CCN(C(=O)CN(Cc2cccc(F)c2)CC2CCCO2)CC1. The summed E-state index contributed by atoms with van der Waals surface area (Å²) >= 11 is 0. The highest BCUT2D eigenvalue weighted by molar-refractivity contribution is 5.78. The number of carbonyl (C=O) groups excluding carboxylic acids is 1. The predicted octanol–water partition coefficient (Wildman–Crippen LogP) is 3.07. The van der Waals surface area contributed by atoms with E-state index < -0.39 is 0 Å². The van der Waals surface area contributed by atoms with Gasteiger partial charge in [-0.15, -0.1) is 0 Å². The van der Waals surface area contributed by atoms with Gasteiger partial charge in [-0.25, -0.2) is 4.39 Å². The smallest absolute Gasteiger partial charge is 0.236 e. The number of hydrogen-bond acceptors (Lipinski definition) is 3. The first-order valence-electron chi connectivity index (χ1n) is 9.46. The number of nitrogens with zero attached hydrogens (tertiary/aromatic N) is 2. The summed E-state index contributed by atoms with van der Waals surface area (Å²) in [7, 11) is 0. The fourth-order valence-corrected chi connectivity index (χ4v) is 3.70. The van der Waals surface area contributed by atoms with Gasteiger partial charge in [0.15, 0.2) is 0 Å². The highest BCUT2D eigenvalue weighted by Gasteiger charge is 2.25. The summed E-state index contributed by atoms with van der Waals surface area (Å²) in [6, 6.07) is 6.64. The van der Waals surface area contributed by atoms with Crippen LogP contribution in [-0.2, 0) is 16.1 Å². The van der Waals surface area contributed by atoms with Crippen LogP contribution in [0, 0.1) is 11.7 Å². The Hall–Kier alpha value is -1.46. The third-order valence-electron chi connectivity index (χ3n) is 5.28. The average molecular weight is 348 g/mol. The quantitative estimate of drug-likeness (QED) is 0.792. The second kappa shape index (κ2) is 8.77. The van der Waals surface area contributed by atoms with Crippen molar-refractivity contribution in [3.05, 3.63) is 35.6 Å². The van der Waals surface area contributed by atoms with Crippen LogP contribution in [0.25, 0.3) is 0 Å². The van der Waals surface area contributed by atoms with E-state index in [0.29, 0.717) is 19.0 Å². The minimum absolute atomic E-state index is 0.182. The number of hydrogen-bond donors (Lipinski definition) is 0. The zero-order valence-electron chi connectivity index (χ0n) is 15.1. The largest absolute Gasteiger partial charge is 0.377 e. The molecule has 2 heterocycles. The van der Waals surface area contributed by atoms with Gasteiger partial charge in [-0.3, -0.25) is 9.69 Å². The first-order chi connectivity index (χ1) is 12.1. The van der Waals surface area contributed by atoms with Gasteiger partial charge in [0.25, 0.3) is 0 Å². The average Bonchev–Trinajstić information content (AvgIpc) is 3.08. The van der Waals surface area contributed by atoms with Crippen LogP contribution in [0.1, 0.15) is 38.2 Å². The Labute approximate surface area is 149 Å². The van der Waals surface area contributed by atoms with E-state index in [1.165, 1.54) is 6.07 Å². The number of halogens is 1. The Bertz CT molecular complexity index is 567. The summed E-state index contributed by atoms with van der Waals surface area (Å²) in [5.41, 5.74) is 0.901. The summed E-state index contributed by atoms with van der Waals surface area (Å²) in [5.74, 6) is 0.659. The standard InChI is InChI=1S/C20H29FN2O2/c1-16-7-9-23(10-8-16)20(24)15-22(14-19-6-3-11-25-19)13-17-4-2-5-18(21)12-17/h2,4-5,12,16,19H,3,6-11,13-15H2,1H3. The lowest BCUT2D eigenvalue weighted by atomic mass is 9.99. The van der Waals surface area contributed by atoms with E-state index in [0.717, 1.165) is 57.5 Å². The molecule has 0 saturated carbocycles. The molecule has 4 nitrogen and oxygen atoms in total. The molecule has 138 valence electrons. The van der Waals surface area contributed by atoms with Gasteiger partial charge >= 0.3 is 0 Å². The van der Waals surface area contributed by atoms with Gasteiger partial charge in [-0.05, 0) is 49.3 Å². The van der Waals surface area contributed by atoms with Crippen molar-refractivity contribution in [1.29, 1.82) is 0 Å². The second-order valence-electron chi connectivity index (χ2n) is 7.50. The molecule has 2 saturated heterocycles. The van der Waals surface area contributed by atoms with Crippen molar-refractivity contribution in [2.24, 2.45) is 5.92 Å². The Morgan fingerprint density at radius 1 is 1.32 bits per heavy atom. The molecule has 0 aliphatic carbocycles. The molecule has 2 fully saturated rings. The molecule has 0 spiro atoms. The van der Waals surface area contributed by atoms with Crippen LogP contribution in [0.4, 0.5) is 4.39 Å². The lowest BCUT2D eigenvalue weighted by molar-refractivity contribution is -0.134. The maximum absolute atomic E-state index is 13.5. The molecule has 0 radical (unpaired) electrons. The Morgan fingerprint density at radius 2 is 2.12 bits per heavy atom. The van der Waals surface area contributed by atoms with E-state index >= 15 is 0 Å². The molecule has 1 amide bonds. The number of amides is 1. The van der Waals surface area contributed by atoms with E-state index in [-0.39, 0.29) is 17.8 Å². The fourth-order valence-electron chi connectivity index (χ4n) is 3.70. The van der Waals surface area contributed by atoms with Gasteiger partial charge in [-0.2, -0.15) is 0 Å². The fraction of sp³-hybridized carbons (Fsp3) is 0.650. The molecular formula is C20H29FN2O2. The van der Waals surface area contributed by atoms with Crippen molar-refractivity contribution in [2.75, 3.05) is 32.8 Å². The molecule has 1 aromatic rings. The van der Waals surface area contributed by atoms with Crippen LogP contribution in [0.15, 0.2) is 24.3 Å². The number of ether oxygens (including phenoxy) is 1. The summed E-state index contributed by atoms with van der Waals surface area (Å²) in [6.07, 6.45) is 4.47. The monoisotopic (exact) mass is 348 g/mol. The molecule has 0 aromatic heterocycles. The van der Waals surface area contributed by atoms with Gasteiger partial charge in [0.1, 0.15) is 5.82 Å². The molecule has 2 aliphatic heterocycles. The zero-order chi connectivity index (χ0) is 17.6. The number of rotatable bonds is 6. The second-order valence-corrected chi connectivity index (χ2v) is 7.50. The maximum Gasteiger partial charge on any atom is 0.236 e. The summed E-state index contributed by atoms with van der Waals surface area (Å²) < 4.78 is 19.2. The predicted molar refractivity (Wildman–Crippen MR) is 95.6 cm³/mol. The number of piperidine rings is 1. The molecule has 1 unspecified atom stereocenters. The molecular weight excluding hydrogens is 319 g/mol. The van der Waals surface area contributed by atoms with Gasteiger partial charge in [0, 0.05) is 32.8 Å². The lowest BCUT2D eigenvalue weighted by Crippen LogP contribution is -2.45. The van der Waals surface area contributed by atoms with E-state index in [2.05, 4.69) is 11.8 Å². The van der Waals surface area contributed by atoms with Crippen molar-refractivity contribution in [3.8, 4) is 0 Å². The molecule has 0 bridgehead atoms. The lowest BCUT2D eigenvalue weighted by Gasteiger charge is -2.33. The number of likely N-dealkylation sites (tertiary alicyclic amines) is 1. The zero-order valence-corrected chi connectivity index (χ0v) is 15.1. The van der Waals surface area contributed by atoms with Crippen LogP contribution < -0.4 is 0 Å². The van der Waals surface area contributed by atoms with E-state index in [1.54, 1.807) is 12.1 Å². The van der Waals surface area contributed by atoms with Gasteiger partial charge in [0.05, 0.1) is 12.6 Å². The summed E-state index contributed by atoms with van der Waals surface area (Å²) in [6.45, 7) is 6.44. The van der Waals surface area contributed by atoms with Crippen LogP contribution >= 0.6 is 0 Å². The van der Waals surface area contributed by atoms with E-state index in [9.17, 15) is 9.18 Å². The molecule has 1 aromatic carbocycles. The third-order valence-corrected chi connectivity index (χ3v) is 5.28. The number of benzene rings is 1. The van der Waals surface area contributed by atoms with Gasteiger partial charge in [0.2, 0.25) is 5.91 Å². The van der Waals surface area contributed by atoms with E-state index in [4.69, 9.17) is 4.74 Å². The minimum Gasteiger partial charge on any atom is -0.377 e. The third kappa shape index (κ3) is 5.51. The van der Waals surface area contributed by atoms with Crippen LogP contribution in [0.2, 0.25) is 0 Å². The van der Waals surface area contributed by atoms with Gasteiger partial charge < -0.3 is 9.64 Å². The van der Waals surface area contributed by atoms with Crippen LogP contribution in [-0.4, -0.2) is 54.6 Å². The highest BCUT2D eigenvalue weighted by atomic mass is 19.1. The van der Waals surface area contributed by atoms with Crippen molar-refractivity contribution < 1.29 is 13.9 Å². The maximum atomic E-state index is 13.5. The Balaban J connectivity index is 1.61. The molecule has 1 atom stereocenters. The van der Waals surface area contributed by atoms with Crippen LogP contribution in [0.3, 0.4) is 0 Å². The first kappa shape index (κ1) is 18.3. The molecule has 2 aliphatic rings. The topological polar surface area (TPSA) is 32.8 Å². The molecule has 25 heavy (non-hydrogen) atoms.